The van der Waals surface area contributed by atoms with E-state index >= 15 is 0 Å². The van der Waals surface area contributed by atoms with Crippen LogP contribution in [-0.2, 0) is 11.3 Å². The summed E-state index contributed by atoms with van der Waals surface area (Å²) in [5.74, 6) is -0.293. The van der Waals surface area contributed by atoms with Crippen molar-refractivity contribution in [1.82, 2.24) is 14.9 Å². The van der Waals surface area contributed by atoms with E-state index in [-0.39, 0.29) is 35.7 Å². The Kier molecular flexibility index (Phi) is 7.06. The number of carbonyl (C=O) groups is 2. The fraction of sp³-hybridized carbons (Fsp3) is 0.185. The summed E-state index contributed by atoms with van der Waals surface area (Å²) in [6, 6.07) is 21.6. The van der Waals surface area contributed by atoms with Crippen LogP contribution < -0.4 is 16.2 Å². The maximum atomic E-state index is 13.4. The van der Waals surface area contributed by atoms with Crippen molar-refractivity contribution in [2.24, 2.45) is 0 Å². The van der Waals surface area contributed by atoms with E-state index in [1.807, 2.05) is 18.2 Å². The van der Waals surface area contributed by atoms with E-state index in [0.717, 1.165) is 18.4 Å². The summed E-state index contributed by atoms with van der Waals surface area (Å²) in [6.45, 7) is 0.260. The van der Waals surface area contributed by atoms with Gasteiger partial charge < -0.3 is 10.6 Å². The fourth-order valence-electron chi connectivity index (χ4n) is 3.72. The van der Waals surface area contributed by atoms with Crippen LogP contribution in [0, 0.1) is 0 Å². The topological polar surface area (TPSA) is 93.1 Å². The van der Waals surface area contributed by atoms with E-state index < -0.39 is 0 Å². The number of amides is 2. The molecule has 36 heavy (non-hydrogen) atoms. The lowest BCUT2D eigenvalue weighted by Crippen LogP contribution is -2.26. The molecule has 7 nitrogen and oxygen atoms in total. The van der Waals surface area contributed by atoms with Crippen LogP contribution in [0.5, 0.6) is 0 Å². The third-order valence-electron chi connectivity index (χ3n) is 5.78. The number of fused-ring (bicyclic) bond motifs is 1. The Morgan fingerprint density at radius 1 is 1.00 bits per heavy atom. The zero-order valence-corrected chi connectivity index (χ0v) is 20.8. The van der Waals surface area contributed by atoms with E-state index in [2.05, 4.69) is 15.6 Å². The van der Waals surface area contributed by atoms with E-state index in [4.69, 9.17) is 11.6 Å². The van der Waals surface area contributed by atoms with Gasteiger partial charge in [0.25, 0.3) is 11.5 Å². The second-order valence-corrected chi connectivity index (χ2v) is 9.91. The third kappa shape index (κ3) is 5.61. The maximum Gasteiger partial charge on any atom is 0.262 e. The molecule has 9 heteroatoms. The molecule has 5 rings (SSSR count). The third-order valence-corrected chi connectivity index (χ3v) is 7.08. The SMILES string of the molecule is O=C(CSc1nc2ccccc2c(=O)n1Cc1ccc(C(=O)NC2CC2)cc1)Nc1ccccc1Cl. The first-order valence-corrected chi connectivity index (χ1v) is 12.9. The molecule has 0 aliphatic heterocycles. The molecule has 0 saturated heterocycles. The van der Waals surface area contributed by atoms with Crippen molar-refractivity contribution in [2.45, 2.75) is 30.6 Å². The fourth-order valence-corrected chi connectivity index (χ4v) is 4.70. The van der Waals surface area contributed by atoms with Gasteiger partial charge in [0.2, 0.25) is 5.91 Å². The summed E-state index contributed by atoms with van der Waals surface area (Å²) in [4.78, 5) is 42.9. The Morgan fingerprint density at radius 2 is 1.72 bits per heavy atom. The molecule has 2 N–H and O–H groups in total. The molecular weight excluding hydrogens is 496 g/mol. The van der Waals surface area contributed by atoms with Gasteiger partial charge in [0.15, 0.2) is 5.16 Å². The lowest BCUT2D eigenvalue weighted by Gasteiger charge is -2.14. The molecule has 2 amide bonds. The highest BCUT2D eigenvalue weighted by Gasteiger charge is 2.23. The van der Waals surface area contributed by atoms with Gasteiger partial charge in [0.1, 0.15) is 0 Å². The largest absolute Gasteiger partial charge is 0.349 e. The number of para-hydroxylation sites is 2. The minimum Gasteiger partial charge on any atom is -0.349 e. The molecule has 0 unspecified atom stereocenters. The monoisotopic (exact) mass is 518 g/mol. The highest BCUT2D eigenvalue weighted by Crippen LogP contribution is 2.23. The summed E-state index contributed by atoms with van der Waals surface area (Å²) in [5, 5.41) is 7.15. The van der Waals surface area contributed by atoms with Crippen molar-refractivity contribution in [2.75, 3.05) is 11.1 Å². The molecule has 1 fully saturated rings. The van der Waals surface area contributed by atoms with Crippen LogP contribution in [0.2, 0.25) is 5.02 Å². The normalized spacial score (nSPS) is 12.9. The van der Waals surface area contributed by atoms with Crippen LogP contribution in [0.3, 0.4) is 0 Å². The molecule has 1 heterocycles. The van der Waals surface area contributed by atoms with Crippen molar-refractivity contribution in [3.8, 4) is 0 Å². The van der Waals surface area contributed by atoms with Crippen molar-refractivity contribution in [1.29, 1.82) is 0 Å². The summed E-state index contributed by atoms with van der Waals surface area (Å²) in [7, 11) is 0. The van der Waals surface area contributed by atoms with Crippen molar-refractivity contribution >= 4 is 51.8 Å². The molecule has 1 aromatic heterocycles. The predicted octanol–water partition coefficient (Wildman–Crippen LogP) is 4.72. The van der Waals surface area contributed by atoms with Gasteiger partial charge in [-0.1, -0.05) is 59.8 Å². The molecule has 1 aliphatic carbocycles. The summed E-state index contributed by atoms with van der Waals surface area (Å²) < 4.78 is 1.56. The van der Waals surface area contributed by atoms with Crippen LogP contribution in [0.15, 0.2) is 82.7 Å². The molecule has 0 radical (unpaired) electrons. The first kappa shape index (κ1) is 24.1. The Labute approximate surface area is 216 Å². The van der Waals surface area contributed by atoms with Gasteiger partial charge in [0.05, 0.1) is 33.9 Å². The van der Waals surface area contributed by atoms with E-state index in [9.17, 15) is 14.4 Å². The lowest BCUT2D eigenvalue weighted by molar-refractivity contribution is -0.113. The molecular formula is C27H23ClN4O3S. The van der Waals surface area contributed by atoms with Gasteiger partial charge in [-0.25, -0.2) is 4.98 Å². The molecule has 0 atom stereocenters. The minimum atomic E-state index is -0.256. The Hall–Kier alpha value is -3.62. The average molecular weight is 519 g/mol. The number of hydrogen-bond acceptors (Lipinski definition) is 5. The average Bonchev–Trinajstić information content (AvgIpc) is 3.70. The van der Waals surface area contributed by atoms with Gasteiger partial charge in [-0.2, -0.15) is 0 Å². The molecule has 0 spiro atoms. The lowest BCUT2D eigenvalue weighted by atomic mass is 10.1. The van der Waals surface area contributed by atoms with Gasteiger partial charge in [-0.05, 0) is 54.8 Å². The number of aromatic nitrogens is 2. The maximum absolute atomic E-state index is 13.4. The highest BCUT2D eigenvalue weighted by atomic mass is 35.5. The first-order valence-electron chi connectivity index (χ1n) is 11.5. The zero-order chi connectivity index (χ0) is 25.1. The van der Waals surface area contributed by atoms with Gasteiger partial charge >= 0.3 is 0 Å². The summed E-state index contributed by atoms with van der Waals surface area (Å²) >= 11 is 7.32. The number of anilines is 1. The molecule has 1 aliphatic rings. The highest BCUT2D eigenvalue weighted by molar-refractivity contribution is 7.99. The van der Waals surface area contributed by atoms with Gasteiger partial charge in [0, 0.05) is 11.6 Å². The van der Waals surface area contributed by atoms with Crippen molar-refractivity contribution < 1.29 is 9.59 Å². The second-order valence-electron chi connectivity index (χ2n) is 8.56. The van der Waals surface area contributed by atoms with Crippen molar-refractivity contribution in [3.63, 3.8) is 0 Å². The second kappa shape index (κ2) is 10.6. The van der Waals surface area contributed by atoms with Crippen LogP contribution in [-0.4, -0.2) is 33.2 Å². The molecule has 4 aromatic rings. The van der Waals surface area contributed by atoms with Crippen LogP contribution in [0.4, 0.5) is 5.69 Å². The van der Waals surface area contributed by atoms with Crippen molar-refractivity contribution in [3.05, 3.63) is 99.3 Å². The van der Waals surface area contributed by atoms with Crippen LogP contribution >= 0.6 is 23.4 Å². The zero-order valence-electron chi connectivity index (χ0n) is 19.2. The number of hydrogen-bond donors (Lipinski definition) is 2. The Morgan fingerprint density at radius 3 is 2.47 bits per heavy atom. The minimum absolute atomic E-state index is 0.0519. The number of nitrogens with one attached hydrogen (secondary N) is 2. The van der Waals surface area contributed by atoms with Gasteiger partial charge in [-0.3, -0.25) is 19.0 Å². The Balaban J connectivity index is 1.37. The number of carbonyl (C=O) groups excluding carboxylic acids is 2. The van der Waals surface area contributed by atoms with Crippen LogP contribution in [0.1, 0.15) is 28.8 Å². The smallest absolute Gasteiger partial charge is 0.262 e. The van der Waals surface area contributed by atoms with E-state index in [1.54, 1.807) is 59.2 Å². The van der Waals surface area contributed by atoms with Crippen LogP contribution in [0.25, 0.3) is 10.9 Å². The van der Waals surface area contributed by atoms with Gasteiger partial charge in [-0.15, -0.1) is 0 Å². The number of nitrogens with zero attached hydrogens (tertiary/aromatic N) is 2. The van der Waals surface area contributed by atoms with E-state index in [1.165, 1.54) is 11.8 Å². The summed E-state index contributed by atoms with van der Waals surface area (Å²) in [6.07, 6.45) is 2.05. The number of benzene rings is 3. The molecule has 1 saturated carbocycles. The Bertz CT molecular complexity index is 1500. The number of rotatable bonds is 8. The first-order chi connectivity index (χ1) is 17.5. The number of thioether (sulfide) groups is 1. The number of halogens is 1. The van der Waals surface area contributed by atoms with E-state index in [0.29, 0.717) is 32.3 Å². The summed E-state index contributed by atoms with van der Waals surface area (Å²) in [5.41, 5.74) is 2.34. The standard InChI is InChI=1S/C27H23ClN4O3S/c28-21-6-2-4-8-23(21)30-24(33)16-36-27-31-22-7-3-1-5-20(22)26(35)32(27)15-17-9-11-18(12-10-17)25(34)29-19-13-14-19/h1-12,19H,13-16H2,(H,29,34)(H,30,33). The molecule has 3 aromatic carbocycles. The molecule has 182 valence electrons. The molecule has 0 bridgehead atoms. The quantitative estimate of drug-likeness (QED) is 0.260. The predicted molar refractivity (Wildman–Crippen MR) is 143 cm³/mol.